The SMILES string of the molecule is Cc1ccc(S[C@H](C)C(=O)Nc2ccc(S(=O)(=O)N(C)C)cc2)cc1. The molecule has 2 aromatic carbocycles. The molecule has 0 unspecified atom stereocenters. The van der Waals surface area contributed by atoms with Crippen molar-refractivity contribution in [2.45, 2.75) is 28.9 Å². The number of hydrogen-bond acceptors (Lipinski definition) is 4. The standard InChI is InChI=1S/C18H22N2O3S2/c1-13-5-9-16(10-6-13)24-14(2)18(21)19-15-7-11-17(12-8-15)25(22,23)20(3)4/h5-12,14H,1-4H3,(H,19,21)/t14-/m1/s1. The van der Waals surface area contributed by atoms with Gasteiger partial charge in [-0.3, -0.25) is 4.79 Å². The van der Waals surface area contributed by atoms with Gasteiger partial charge in [-0.15, -0.1) is 11.8 Å². The zero-order valence-corrected chi connectivity index (χ0v) is 16.3. The van der Waals surface area contributed by atoms with E-state index in [-0.39, 0.29) is 16.1 Å². The second-order valence-electron chi connectivity index (χ2n) is 5.87. The summed E-state index contributed by atoms with van der Waals surface area (Å²) in [5.41, 5.74) is 1.74. The smallest absolute Gasteiger partial charge is 0.242 e. The van der Waals surface area contributed by atoms with E-state index in [1.165, 1.54) is 43.6 Å². The third-order valence-corrected chi connectivity index (χ3v) is 6.54. The molecule has 1 atom stereocenters. The number of anilines is 1. The Kier molecular flexibility index (Phi) is 6.26. The van der Waals surface area contributed by atoms with Gasteiger partial charge in [0.2, 0.25) is 15.9 Å². The fraction of sp³-hybridized carbons (Fsp3) is 0.278. The summed E-state index contributed by atoms with van der Waals surface area (Å²) in [6, 6.07) is 14.2. The van der Waals surface area contributed by atoms with Gasteiger partial charge < -0.3 is 5.32 Å². The van der Waals surface area contributed by atoms with Gasteiger partial charge >= 0.3 is 0 Å². The molecule has 0 radical (unpaired) electrons. The summed E-state index contributed by atoms with van der Waals surface area (Å²) < 4.78 is 25.2. The van der Waals surface area contributed by atoms with Crippen molar-refractivity contribution in [2.75, 3.05) is 19.4 Å². The van der Waals surface area contributed by atoms with E-state index in [9.17, 15) is 13.2 Å². The predicted molar refractivity (Wildman–Crippen MR) is 102 cm³/mol. The van der Waals surface area contributed by atoms with Crippen LogP contribution in [0.5, 0.6) is 0 Å². The Morgan fingerprint density at radius 2 is 1.60 bits per heavy atom. The maximum atomic E-state index is 12.3. The third kappa shape index (κ3) is 5.07. The molecule has 2 rings (SSSR count). The molecule has 5 nitrogen and oxygen atoms in total. The zero-order chi connectivity index (χ0) is 18.6. The number of thioether (sulfide) groups is 1. The van der Waals surface area contributed by atoms with Gasteiger partial charge in [-0.25, -0.2) is 12.7 Å². The highest BCUT2D eigenvalue weighted by Crippen LogP contribution is 2.25. The topological polar surface area (TPSA) is 66.5 Å². The minimum atomic E-state index is -3.47. The minimum absolute atomic E-state index is 0.131. The van der Waals surface area contributed by atoms with Crippen molar-refractivity contribution in [3.8, 4) is 0 Å². The molecule has 1 amide bonds. The largest absolute Gasteiger partial charge is 0.325 e. The molecule has 134 valence electrons. The molecule has 0 bridgehead atoms. The van der Waals surface area contributed by atoms with Crippen LogP contribution in [0.25, 0.3) is 0 Å². The number of aryl methyl sites for hydroxylation is 1. The Hall–Kier alpha value is -1.83. The highest BCUT2D eigenvalue weighted by atomic mass is 32.2. The zero-order valence-electron chi connectivity index (χ0n) is 14.7. The number of rotatable bonds is 6. The molecule has 25 heavy (non-hydrogen) atoms. The summed E-state index contributed by atoms with van der Waals surface area (Å²) in [4.78, 5) is 13.5. The first kappa shape index (κ1) is 19.5. The van der Waals surface area contributed by atoms with Crippen LogP contribution in [0.4, 0.5) is 5.69 Å². The lowest BCUT2D eigenvalue weighted by atomic mass is 10.2. The van der Waals surface area contributed by atoms with E-state index >= 15 is 0 Å². The first-order chi connectivity index (χ1) is 11.7. The monoisotopic (exact) mass is 378 g/mol. The Labute approximate surface area is 153 Å². The first-order valence-electron chi connectivity index (χ1n) is 7.77. The number of carbonyl (C=O) groups excluding carboxylic acids is 1. The molecular formula is C18H22N2O3S2. The van der Waals surface area contributed by atoms with Crippen LogP contribution in [0.3, 0.4) is 0 Å². The van der Waals surface area contributed by atoms with Crippen molar-refractivity contribution in [3.05, 3.63) is 54.1 Å². The summed E-state index contributed by atoms with van der Waals surface area (Å²) in [5, 5.41) is 2.54. The van der Waals surface area contributed by atoms with Gasteiger partial charge in [0, 0.05) is 24.7 Å². The Bertz CT molecular complexity index is 830. The van der Waals surface area contributed by atoms with E-state index in [2.05, 4.69) is 5.32 Å². The van der Waals surface area contributed by atoms with Gasteiger partial charge in [0.15, 0.2) is 0 Å². The molecular weight excluding hydrogens is 356 g/mol. The van der Waals surface area contributed by atoms with Crippen LogP contribution >= 0.6 is 11.8 Å². The highest BCUT2D eigenvalue weighted by molar-refractivity contribution is 8.00. The molecule has 7 heteroatoms. The van der Waals surface area contributed by atoms with Crippen molar-refractivity contribution >= 4 is 33.4 Å². The number of hydrogen-bond donors (Lipinski definition) is 1. The maximum Gasteiger partial charge on any atom is 0.242 e. The molecule has 2 aromatic rings. The van der Waals surface area contributed by atoms with Crippen molar-refractivity contribution in [1.29, 1.82) is 0 Å². The molecule has 0 spiro atoms. The van der Waals surface area contributed by atoms with E-state index in [0.29, 0.717) is 5.69 Å². The summed E-state index contributed by atoms with van der Waals surface area (Å²) in [7, 11) is -0.504. The van der Waals surface area contributed by atoms with Crippen LogP contribution in [-0.2, 0) is 14.8 Å². The maximum absolute atomic E-state index is 12.3. The van der Waals surface area contributed by atoms with Crippen LogP contribution in [0, 0.1) is 6.92 Å². The predicted octanol–water partition coefficient (Wildman–Crippen LogP) is 3.36. The van der Waals surface area contributed by atoms with Crippen LogP contribution in [0.15, 0.2) is 58.3 Å². The lowest BCUT2D eigenvalue weighted by Crippen LogP contribution is -2.23. The molecule has 0 fully saturated rings. The van der Waals surface area contributed by atoms with Crippen LogP contribution in [0.1, 0.15) is 12.5 Å². The Balaban J connectivity index is 2.01. The average molecular weight is 379 g/mol. The van der Waals surface area contributed by atoms with E-state index in [4.69, 9.17) is 0 Å². The van der Waals surface area contributed by atoms with Crippen molar-refractivity contribution in [3.63, 3.8) is 0 Å². The normalized spacial score (nSPS) is 12.8. The molecule has 0 aliphatic heterocycles. The van der Waals surface area contributed by atoms with E-state index in [0.717, 1.165) is 9.20 Å². The van der Waals surface area contributed by atoms with E-state index < -0.39 is 10.0 Å². The summed E-state index contributed by atoms with van der Waals surface area (Å²) in [6.45, 7) is 3.86. The summed E-state index contributed by atoms with van der Waals surface area (Å²) >= 11 is 1.48. The summed E-state index contributed by atoms with van der Waals surface area (Å²) in [6.07, 6.45) is 0. The number of nitrogens with zero attached hydrogens (tertiary/aromatic N) is 1. The second-order valence-corrected chi connectivity index (χ2v) is 9.44. The average Bonchev–Trinajstić information content (AvgIpc) is 2.57. The Morgan fingerprint density at radius 1 is 1.04 bits per heavy atom. The van der Waals surface area contributed by atoms with Crippen molar-refractivity contribution < 1.29 is 13.2 Å². The quantitative estimate of drug-likeness (QED) is 0.783. The fourth-order valence-corrected chi connectivity index (χ4v) is 3.81. The lowest BCUT2D eigenvalue weighted by Gasteiger charge is -2.14. The van der Waals surface area contributed by atoms with Crippen molar-refractivity contribution in [1.82, 2.24) is 4.31 Å². The molecule has 0 aliphatic carbocycles. The van der Waals surface area contributed by atoms with Gasteiger partial charge in [-0.05, 0) is 50.2 Å². The van der Waals surface area contributed by atoms with Crippen LogP contribution in [0.2, 0.25) is 0 Å². The molecule has 0 saturated heterocycles. The van der Waals surface area contributed by atoms with Gasteiger partial charge in [-0.2, -0.15) is 0 Å². The number of amides is 1. The number of sulfonamides is 1. The molecule has 1 N–H and O–H groups in total. The van der Waals surface area contributed by atoms with Gasteiger partial charge in [-0.1, -0.05) is 17.7 Å². The molecule has 0 heterocycles. The number of carbonyl (C=O) groups is 1. The number of nitrogens with one attached hydrogen (secondary N) is 1. The Morgan fingerprint density at radius 3 is 2.12 bits per heavy atom. The third-order valence-electron chi connectivity index (χ3n) is 3.60. The first-order valence-corrected chi connectivity index (χ1v) is 10.1. The fourth-order valence-electron chi connectivity index (χ4n) is 2.04. The van der Waals surface area contributed by atoms with E-state index in [1.807, 2.05) is 38.1 Å². The second kappa shape index (κ2) is 8.03. The van der Waals surface area contributed by atoms with Gasteiger partial charge in [0.1, 0.15) is 0 Å². The van der Waals surface area contributed by atoms with Crippen LogP contribution in [-0.4, -0.2) is 38.0 Å². The lowest BCUT2D eigenvalue weighted by molar-refractivity contribution is -0.115. The molecule has 0 aliphatic rings. The highest BCUT2D eigenvalue weighted by Gasteiger charge is 2.18. The van der Waals surface area contributed by atoms with E-state index in [1.54, 1.807) is 12.1 Å². The van der Waals surface area contributed by atoms with Crippen molar-refractivity contribution in [2.24, 2.45) is 0 Å². The van der Waals surface area contributed by atoms with Gasteiger partial charge in [0.05, 0.1) is 10.1 Å². The summed E-state index contributed by atoms with van der Waals surface area (Å²) in [5.74, 6) is -0.131. The van der Waals surface area contributed by atoms with Gasteiger partial charge in [0.25, 0.3) is 0 Å². The van der Waals surface area contributed by atoms with Crippen LogP contribution < -0.4 is 5.32 Å². The molecule has 0 aromatic heterocycles. The minimum Gasteiger partial charge on any atom is -0.325 e. The number of benzene rings is 2. The molecule has 0 saturated carbocycles.